The van der Waals surface area contributed by atoms with E-state index in [-0.39, 0.29) is 11.5 Å². The number of esters is 1. The number of benzene rings is 2. The highest BCUT2D eigenvalue weighted by Crippen LogP contribution is 2.43. The maximum absolute atomic E-state index is 12.6. The number of aryl methyl sites for hydroxylation is 1. The molecule has 168 valence electrons. The third kappa shape index (κ3) is 4.70. The molecular formula is C26H24N2O5. The van der Waals surface area contributed by atoms with Gasteiger partial charge < -0.3 is 24.4 Å². The van der Waals surface area contributed by atoms with Crippen molar-refractivity contribution in [3.8, 4) is 23.3 Å². The van der Waals surface area contributed by atoms with Gasteiger partial charge in [-0.3, -0.25) is 0 Å². The summed E-state index contributed by atoms with van der Waals surface area (Å²) in [6, 6.07) is 17.5. The maximum Gasteiger partial charge on any atom is 0.343 e. The maximum atomic E-state index is 12.6. The van der Waals surface area contributed by atoms with Crippen LogP contribution in [-0.4, -0.2) is 12.6 Å². The van der Waals surface area contributed by atoms with Gasteiger partial charge in [-0.15, -0.1) is 0 Å². The number of nitriles is 1. The van der Waals surface area contributed by atoms with E-state index < -0.39 is 11.9 Å². The first-order valence-corrected chi connectivity index (χ1v) is 10.6. The molecule has 1 aliphatic heterocycles. The Bertz CT molecular complexity index is 1250. The van der Waals surface area contributed by atoms with Crippen LogP contribution < -0.4 is 19.9 Å². The Balaban J connectivity index is 1.55. The van der Waals surface area contributed by atoms with E-state index in [1.807, 2.05) is 19.1 Å². The molecule has 0 radical (unpaired) electrons. The number of nitrogens with zero attached hydrogens (tertiary/aromatic N) is 1. The zero-order valence-electron chi connectivity index (χ0n) is 18.6. The van der Waals surface area contributed by atoms with Gasteiger partial charge in [-0.05, 0) is 55.3 Å². The fourth-order valence-electron chi connectivity index (χ4n) is 3.52. The molecule has 0 saturated carbocycles. The van der Waals surface area contributed by atoms with Gasteiger partial charge >= 0.3 is 5.97 Å². The Morgan fingerprint density at radius 3 is 2.48 bits per heavy atom. The predicted molar refractivity (Wildman–Crippen MR) is 121 cm³/mol. The van der Waals surface area contributed by atoms with Crippen LogP contribution in [-0.2, 0) is 0 Å². The number of furan rings is 1. The number of hydrogen-bond acceptors (Lipinski definition) is 7. The second-order valence-corrected chi connectivity index (χ2v) is 8.19. The lowest BCUT2D eigenvalue weighted by atomic mass is 9.87. The molecule has 7 heteroatoms. The zero-order valence-corrected chi connectivity index (χ0v) is 18.6. The molecule has 3 aromatic rings. The van der Waals surface area contributed by atoms with Crippen LogP contribution in [0.3, 0.4) is 0 Å². The molecule has 1 unspecified atom stereocenters. The molecule has 1 aromatic heterocycles. The number of carbonyl (C=O) groups is 1. The lowest BCUT2D eigenvalue weighted by Crippen LogP contribution is -2.21. The molecule has 2 heterocycles. The van der Waals surface area contributed by atoms with Crippen molar-refractivity contribution < 1.29 is 23.4 Å². The van der Waals surface area contributed by atoms with Crippen molar-refractivity contribution in [2.45, 2.75) is 26.7 Å². The second-order valence-electron chi connectivity index (χ2n) is 8.19. The molecule has 7 nitrogen and oxygen atoms in total. The molecule has 1 atom stereocenters. The van der Waals surface area contributed by atoms with Crippen LogP contribution in [0.2, 0.25) is 0 Å². The second kappa shape index (κ2) is 9.13. The van der Waals surface area contributed by atoms with Gasteiger partial charge in [0.25, 0.3) is 0 Å². The highest BCUT2D eigenvalue weighted by atomic mass is 16.5. The topological polar surface area (TPSA) is 108 Å². The van der Waals surface area contributed by atoms with Gasteiger partial charge in [0.15, 0.2) is 0 Å². The fourth-order valence-corrected chi connectivity index (χ4v) is 3.52. The number of fused-ring (bicyclic) bond motifs is 1. The normalized spacial score (nSPS) is 14.9. The highest BCUT2D eigenvalue weighted by molar-refractivity contribution is 5.91. The minimum Gasteiger partial charge on any atom is -0.493 e. The van der Waals surface area contributed by atoms with Crippen molar-refractivity contribution in [1.82, 2.24) is 0 Å². The number of ether oxygens (including phenoxy) is 3. The third-order valence-electron chi connectivity index (χ3n) is 5.12. The summed E-state index contributed by atoms with van der Waals surface area (Å²) in [5.74, 6) is 2.07. The molecule has 2 aromatic carbocycles. The van der Waals surface area contributed by atoms with E-state index in [9.17, 15) is 10.1 Å². The van der Waals surface area contributed by atoms with Crippen molar-refractivity contribution in [3.05, 3.63) is 88.7 Å². The number of allylic oxidation sites excluding steroid dienone is 1. The Hall–Kier alpha value is -4.18. The van der Waals surface area contributed by atoms with Gasteiger partial charge in [0.05, 0.1) is 18.1 Å². The van der Waals surface area contributed by atoms with E-state index in [2.05, 4.69) is 19.9 Å². The molecule has 1 aliphatic rings. The molecule has 4 rings (SSSR count). The first-order valence-electron chi connectivity index (χ1n) is 10.6. The van der Waals surface area contributed by atoms with Crippen LogP contribution in [0.15, 0.2) is 70.5 Å². The van der Waals surface area contributed by atoms with Crippen molar-refractivity contribution in [2.24, 2.45) is 11.7 Å². The summed E-state index contributed by atoms with van der Waals surface area (Å²) >= 11 is 0. The Morgan fingerprint density at radius 1 is 1.12 bits per heavy atom. The average Bonchev–Trinajstić information content (AvgIpc) is 3.22. The Kier molecular flexibility index (Phi) is 6.09. The van der Waals surface area contributed by atoms with Gasteiger partial charge in [0, 0.05) is 11.6 Å². The van der Waals surface area contributed by atoms with Crippen LogP contribution in [0.5, 0.6) is 17.2 Å². The number of carbonyl (C=O) groups excluding carboxylic acids is 1. The lowest BCUT2D eigenvalue weighted by molar-refractivity contribution is 0.0734. The van der Waals surface area contributed by atoms with Gasteiger partial charge in [0.2, 0.25) is 5.88 Å². The molecule has 2 N–H and O–H groups in total. The predicted octanol–water partition coefficient (Wildman–Crippen LogP) is 5.06. The van der Waals surface area contributed by atoms with Crippen molar-refractivity contribution in [1.29, 1.82) is 5.26 Å². The molecular weight excluding hydrogens is 420 g/mol. The minimum atomic E-state index is -0.513. The summed E-state index contributed by atoms with van der Waals surface area (Å²) in [5, 5.41) is 9.62. The van der Waals surface area contributed by atoms with Gasteiger partial charge in [0.1, 0.15) is 40.4 Å². The quantitative estimate of drug-likeness (QED) is 0.418. The molecule has 0 amide bonds. The van der Waals surface area contributed by atoms with Crippen molar-refractivity contribution in [3.63, 3.8) is 0 Å². The van der Waals surface area contributed by atoms with Crippen LogP contribution in [0, 0.1) is 24.2 Å². The van der Waals surface area contributed by atoms with Crippen LogP contribution in [0.1, 0.15) is 47.2 Å². The van der Waals surface area contributed by atoms with Gasteiger partial charge in [-0.1, -0.05) is 19.9 Å². The van der Waals surface area contributed by atoms with Crippen molar-refractivity contribution in [2.75, 3.05) is 6.61 Å². The van der Waals surface area contributed by atoms with E-state index in [0.29, 0.717) is 46.7 Å². The monoisotopic (exact) mass is 444 g/mol. The van der Waals surface area contributed by atoms with E-state index in [1.54, 1.807) is 42.5 Å². The number of hydrogen-bond donors (Lipinski definition) is 1. The first kappa shape index (κ1) is 22.0. The number of nitrogens with two attached hydrogens (primary N) is 1. The molecule has 0 bridgehead atoms. The summed E-state index contributed by atoms with van der Waals surface area (Å²) in [5.41, 5.74) is 7.36. The Labute approximate surface area is 192 Å². The molecule has 0 fully saturated rings. The van der Waals surface area contributed by atoms with Crippen LogP contribution in [0.4, 0.5) is 0 Å². The number of rotatable bonds is 6. The molecule has 0 saturated heterocycles. The van der Waals surface area contributed by atoms with Crippen molar-refractivity contribution >= 4 is 5.97 Å². The fraction of sp³-hybridized carbons (Fsp3) is 0.231. The van der Waals surface area contributed by atoms with Gasteiger partial charge in [-0.25, -0.2) is 4.79 Å². The molecule has 33 heavy (non-hydrogen) atoms. The van der Waals surface area contributed by atoms with Crippen LogP contribution in [0.25, 0.3) is 0 Å². The van der Waals surface area contributed by atoms with E-state index >= 15 is 0 Å². The molecule has 0 spiro atoms. The third-order valence-corrected chi connectivity index (χ3v) is 5.12. The standard InChI is InChI=1S/C26H24N2O5/c1-15(2)14-30-18-7-5-17(6-8-18)26(29)32-19-9-10-20-23(12-19)33-25(28)21(13-27)24(20)22-11-4-16(3)31-22/h4-12,15,24H,14,28H2,1-3H3. The van der Waals surface area contributed by atoms with E-state index in [1.165, 1.54) is 0 Å². The summed E-state index contributed by atoms with van der Waals surface area (Å²) in [6.45, 7) is 6.56. The van der Waals surface area contributed by atoms with Crippen LogP contribution >= 0.6 is 0 Å². The summed E-state index contributed by atoms with van der Waals surface area (Å²) in [7, 11) is 0. The average molecular weight is 444 g/mol. The summed E-state index contributed by atoms with van der Waals surface area (Å²) in [4.78, 5) is 12.6. The van der Waals surface area contributed by atoms with E-state index in [4.69, 9.17) is 24.4 Å². The largest absolute Gasteiger partial charge is 0.493 e. The first-order chi connectivity index (χ1) is 15.9. The Morgan fingerprint density at radius 2 is 1.85 bits per heavy atom. The highest BCUT2D eigenvalue weighted by Gasteiger charge is 2.33. The zero-order chi connectivity index (χ0) is 23.5. The van der Waals surface area contributed by atoms with Gasteiger partial charge in [-0.2, -0.15) is 5.26 Å². The van der Waals surface area contributed by atoms with E-state index in [0.717, 1.165) is 5.76 Å². The SMILES string of the molecule is Cc1ccc(C2C(C#N)=C(N)Oc3cc(OC(=O)c4ccc(OCC(C)C)cc4)ccc32)o1. The summed E-state index contributed by atoms with van der Waals surface area (Å²) < 4.78 is 22.6. The smallest absolute Gasteiger partial charge is 0.343 e. The molecule has 0 aliphatic carbocycles. The summed E-state index contributed by atoms with van der Waals surface area (Å²) in [6.07, 6.45) is 0. The lowest BCUT2D eigenvalue weighted by Gasteiger charge is -2.25. The minimum absolute atomic E-state index is 0.00971.